The summed E-state index contributed by atoms with van der Waals surface area (Å²) in [6.45, 7) is 8.29. The van der Waals surface area contributed by atoms with Crippen LogP contribution in [0.1, 0.15) is 79.1 Å². The Hall–Kier alpha value is -0.440. The van der Waals surface area contributed by atoms with Gasteiger partial charge < -0.3 is 55.1 Å². The second-order valence-electron chi connectivity index (χ2n) is 15.7. The standard InChI is InChI=1S/C32H54O11/c1-15(13-33)6-5-7-16(2)21-23(37)24(38)26-29(21,3)10-9-19-30(4)11-8-18(42-28-25(39)22(36)17(34)14-41-28)27-32(30,43-27)20(35)12-31(19,26)40/h15-28,33-40H,5-14H2,1-4H3/t15-,16+,17+,18-,19+,20+,21-,22?,23+,24-,25-,26+,27?,28-,29+,30+,31-,32-/m0/s1. The molecule has 2 aliphatic heterocycles. The van der Waals surface area contributed by atoms with Gasteiger partial charge in [-0.2, -0.15) is 0 Å². The zero-order valence-corrected chi connectivity index (χ0v) is 26.0. The Morgan fingerprint density at radius 3 is 2.33 bits per heavy atom. The average Bonchev–Trinajstić information content (AvgIpc) is 3.68. The van der Waals surface area contributed by atoms with Gasteiger partial charge in [-0.05, 0) is 61.2 Å². The number of hydrogen-bond donors (Lipinski definition) is 8. The van der Waals surface area contributed by atoms with Gasteiger partial charge in [-0.15, -0.1) is 0 Å². The molecule has 0 aromatic rings. The van der Waals surface area contributed by atoms with Gasteiger partial charge in [0, 0.05) is 24.4 Å². The van der Waals surface area contributed by atoms with Crippen molar-refractivity contribution in [1.29, 1.82) is 0 Å². The van der Waals surface area contributed by atoms with E-state index in [9.17, 15) is 40.9 Å². The monoisotopic (exact) mass is 614 g/mol. The lowest BCUT2D eigenvalue weighted by Crippen LogP contribution is -2.72. The molecule has 11 heteroatoms. The number of epoxide rings is 1. The van der Waals surface area contributed by atoms with Crippen molar-refractivity contribution in [3.05, 3.63) is 0 Å². The van der Waals surface area contributed by atoms with E-state index >= 15 is 0 Å². The van der Waals surface area contributed by atoms with Crippen LogP contribution in [0.3, 0.4) is 0 Å². The number of fused-ring (bicyclic) bond motifs is 4. The molecule has 4 saturated carbocycles. The highest BCUT2D eigenvalue weighted by molar-refractivity contribution is 5.31. The number of aliphatic hydroxyl groups is 8. The van der Waals surface area contributed by atoms with E-state index in [1.165, 1.54) is 0 Å². The largest absolute Gasteiger partial charge is 0.396 e. The van der Waals surface area contributed by atoms with Crippen LogP contribution in [0, 0.1) is 40.4 Å². The third-order valence-electron chi connectivity index (χ3n) is 13.3. The summed E-state index contributed by atoms with van der Waals surface area (Å²) in [5.41, 5.74) is -3.51. The van der Waals surface area contributed by atoms with Crippen LogP contribution in [-0.2, 0) is 14.2 Å². The van der Waals surface area contributed by atoms with Crippen LogP contribution in [0.25, 0.3) is 0 Å². The third kappa shape index (κ3) is 4.55. The topological polar surface area (TPSA) is 193 Å². The lowest BCUT2D eigenvalue weighted by molar-refractivity contribution is -0.291. The van der Waals surface area contributed by atoms with Crippen LogP contribution >= 0.6 is 0 Å². The van der Waals surface area contributed by atoms with Crippen molar-refractivity contribution in [3.63, 3.8) is 0 Å². The summed E-state index contributed by atoms with van der Waals surface area (Å²) in [7, 11) is 0. The van der Waals surface area contributed by atoms with Crippen LogP contribution in [0.2, 0.25) is 0 Å². The molecule has 248 valence electrons. The Morgan fingerprint density at radius 2 is 1.63 bits per heavy atom. The van der Waals surface area contributed by atoms with Gasteiger partial charge >= 0.3 is 0 Å². The predicted molar refractivity (Wildman–Crippen MR) is 152 cm³/mol. The van der Waals surface area contributed by atoms with Crippen LogP contribution in [0.4, 0.5) is 0 Å². The molecule has 0 radical (unpaired) electrons. The van der Waals surface area contributed by atoms with Gasteiger partial charge in [0.1, 0.15) is 30.0 Å². The smallest absolute Gasteiger partial charge is 0.186 e. The van der Waals surface area contributed by atoms with Crippen molar-refractivity contribution in [3.8, 4) is 0 Å². The molecule has 6 fully saturated rings. The third-order valence-corrected chi connectivity index (χ3v) is 13.3. The summed E-state index contributed by atoms with van der Waals surface area (Å²) in [5, 5.41) is 87.3. The Morgan fingerprint density at radius 1 is 0.907 bits per heavy atom. The lowest BCUT2D eigenvalue weighted by atomic mass is 9.41. The first-order chi connectivity index (χ1) is 20.2. The molecule has 6 aliphatic rings. The molecule has 0 amide bonds. The highest BCUT2D eigenvalue weighted by atomic mass is 16.7. The first kappa shape index (κ1) is 32.5. The molecule has 2 unspecified atom stereocenters. The van der Waals surface area contributed by atoms with Crippen molar-refractivity contribution in [1.82, 2.24) is 0 Å². The molecule has 0 aromatic carbocycles. The molecule has 0 aromatic heterocycles. The summed E-state index contributed by atoms with van der Waals surface area (Å²) in [4.78, 5) is 0. The molecular weight excluding hydrogens is 560 g/mol. The Bertz CT molecular complexity index is 1030. The van der Waals surface area contributed by atoms with Crippen LogP contribution < -0.4 is 0 Å². The minimum atomic E-state index is -1.42. The number of aliphatic hydroxyl groups excluding tert-OH is 7. The maximum Gasteiger partial charge on any atom is 0.186 e. The molecular formula is C32H54O11. The normalized spacial score (nSPS) is 57.2. The fourth-order valence-corrected chi connectivity index (χ4v) is 11.2. The minimum Gasteiger partial charge on any atom is -0.396 e. The van der Waals surface area contributed by atoms with Crippen LogP contribution in [0.15, 0.2) is 0 Å². The molecule has 2 heterocycles. The lowest BCUT2D eigenvalue weighted by Gasteiger charge is -2.65. The van der Waals surface area contributed by atoms with Crippen LogP contribution in [0.5, 0.6) is 0 Å². The van der Waals surface area contributed by atoms with E-state index in [2.05, 4.69) is 20.8 Å². The Balaban J connectivity index is 1.22. The summed E-state index contributed by atoms with van der Waals surface area (Å²) >= 11 is 0. The highest BCUT2D eigenvalue weighted by Gasteiger charge is 2.83. The van der Waals surface area contributed by atoms with E-state index in [0.29, 0.717) is 19.3 Å². The second kappa shape index (κ2) is 11.1. The van der Waals surface area contributed by atoms with E-state index in [-0.39, 0.29) is 43.3 Å². The molecule has 1 spiro atoms. The van der Waals surface area contributed by atoms with Crippen molar-refractivity contribution in [2.24, 2.45) is 40.4 Å². The van der Waals surface area contributed by atoms with E-state index in [1.807, 2.05) is 6.92 Å². The molecule has 11 nitrogen and oxygen atoms in total. The van der Waals surface area contributed by atoms with Gasteiger partial charge in [0.05, 0.1) is 36.6 Å². The van der Waals surface area contributed by atoms with E-state index in [0.717, 1.165) is 25.7 Å². The number of ether oxygens (including phenoxy) is 3. The first-order valence-corrected chi connectivity index (χ1v) is 16.5. The van der Waals surface area contributed by atoms with E-state index in [4.69, 9.17) is 14.2 Å². The molecule has 2 saturated heterocycles. The maximum absolute atomic E-state index is 12.7. The van der Waals surface area contributed by atoms with Crippen molar-refractivity contribution in [2.45, 2.75) is 145 Å². The zero-order valence-electron chi connectivity index (χ0n) is 26.0. The van der Waals surface area contributed by atoms with E-state index < -0.39 is 83.1 Å². The molecule has 6 rings (SSSR count). The SMILES string of the molecule is C[C@H](CO)CCC[C@@H](C)[C@H]1[C@@H](O)[C@H](O)[C@@H]2[C@]1(C)CC[C@H]1[C@@]2(O)C[C@@H](O)[C@]23OC2[C@@H](O[C@@H]2OC[C@@H](O)C(O)[C@@H]2O)CC[C@]13C. The molecule has 4 aliphatic carbocycles. The van der Waals surface area contributed by atoms with Crippen LogP contribution in [-0.4, -0.2) is 120 Å². The summed E-state index contributed by atoms with van der Waals surface area (Å²) in [6, 6.07) is 0. The molecule has 18 atom stereocenters. The van der Waals surface area contributed by atoms with Gasteiger partial charge in [-0.25, -0.2) is 0 Å². The predicted octanol–water partition coefficient (Wildman–Crippen LogP) is 0.0629. The average molecular weight is 615 g/mol. The van der Waals surface area contributed by atoms with Gasteiger partial charge in [0.15, 0.2) is 6.29 Å². The number of rotatable bonds is 8. The first-order valence-electron chi connectivity index (χ1n) is 16.5. The zero-order chi connectivity index (χ0) is 31.3. The fraction of sp³-hybridized carbons (Fsp3) is 1.00. The van der Waals surface area contributed by atoms with Crippen molar-refractivity contribution < 1.29 is 55.1 Å². The van der Waals surface area contributed by atoms with Gasteiger partial charge in [-0.3, -0.25) is 0 Å². The Labute approximate surface area is 254 Å². The fourth-order valence-electron chi connectivity index (χ4n) is 11.2. The number of hydrogen-bond acceptors (Lipinski definition) is 11. The van der Waals surface area contributed by atoms with Gasteiger partial charge in [-0.1, -0.05) is 40.5 Å². The van der Waals surface area contributed by atoms with Gasteiger partial charge in [0.2, 0.25) is 0 Å². The highest BCUT2D eigenvalue weighted by Crippen LogP contribution is 2.75. The molecule has 8 N–H and O–H groups in total. The molecule has 0 bridgehead atoms. The van der Waals surface area contributed by atoms with E-state index in [1.54, 1.807) is 0 Å². The minimum absolute atomic E-state index is 0.0170. The van der Waals surface area contributed by atoms with Crippen molar-refractivity contribution in [2.75, 3.05) is 13.2 Å². The summed E-state index contributed by atoms with van der Waals surface area (Å²) in [6.07, 6.45) is -4.11. The Kier molecular flexibility index (Phi) is 8.37. The quantitative estimate of drug-likeness (QED) is 0.136. The summed E-state index contributed by atoms with van der Waals surface area (Å²) < 4.78 is 17.9. The van der Waals surface area contributed by atoms with Crippen molar-refractivity contribution >= 4 is 0 Å². The maximum atomic E-state index is 12.7. The summed E-state index contributed by atoms with van der Waals surface area (Å²) in [5.74, 6) is -0.751. The second-order valence-corrected chi connectivity index (χ2v) is 15.7. The van der Waals surface area contributed by atoms with Gasteiger partial charge in [0.25, 0.3) is 0 Å². The molecule has 43 heavy (non-hydrogen) atoms.